The van der Waals surface area contributed by atoms with Crippen molar-refractivity contribution in [1.82, 2.24) is 16.0 Å². The van der Waals surface area contributed by atoms with Crippen LogP contribution in [0.15, 0.2) is 60.7 Å². The molecule has 13 nitrogen and oxygen atoms in total. The minimum Gasteiger partial charge on any atom is -0.481 e. The Morgan fingerprint density at radius 1 is 0.675 bits per heavy atom. The summed E-state index contributed by atoms with van der Waals surface area (Å²) in [5.74, 6) is -6.21. The highest BCUT2D eigenvalue weighted by Crippen LogP contribution is 2.08. The molecule has 0 bridgehead atoms. The molecule has 0 saturated carbocycles. The molecule has 214 valence electrons. The molecular formula is C27H33N5O8. The van der Waals surface area contributed by atoms with E-state index in [0.717, 1.165) is 5.56 Å². The van der Waals surface area contributed by atoms with E-state index in [2.05, 4.69) is 16.0 Å². The lowest BCUT2D eigenvalue weighted by molar-refractivity contribution is -0.143. The van der Waals surface area contributed by atoms with Crippen LogP contribution in [-0.4, -0.2) is 69.9 Å². The van der Waals surface area contributed by atoms with Crippen molar-refractivity contribution >= 4 is 35.6 Å². The minimum atomic E-state index is -1.58. The molecule has 4 amide bonds. The van der Waals surface area contributed by atoms with Gasteiger partial charge in [0.1, 0.15) is 18.1 Å². The van der Waals surface area contributed by atoms with Gasteiger partial charge in [0.2, 0.25) is 23.6 Å². The van der Waals surface area contributed by atoms with Crippen LogP contribution in [0.3, 0.4) is 0 Å². The summed E-state index contributed by atoms with van der Waals surface area (Å²) in [6.07, 6.45) is -1.33. The number of amides is 4. The van der Waals surface area contributed by atoms with E-state index in [9.17, 15) is 39.0 Å². The van der Waals surface area contributed by atoms with E-state index in [1.807, 2.05) is 0 Å². The highest BCUT2D eigenvalue weighted by Gasteiger charge is 2.31. The molecule has 40 heavy (non-hydrogen) atoms. The average molecular weight is 556 g/mol. The van der Waals surface area contributed by atoms with Crippen molar-refractivity contribution in [3.63, 3.8) is 0 Å². The van der Waals surface area contributed by atoms with E-state index >= 15 is 0 Å². The molecule has 4 unspecified atom stereocenters. The second kappa shape index (κ2) is 15.6. The monoisotopic (exact) mass is 555 g/mol. The number of carboxylic acid groups (broad SMARTS) is 2. The number of carboxylic acids is 2. The van der Waals surface area contributed by atoms with Gasteiger partial charge < -0.3 is 37.6 Å². The molecule has 9 N–H and O–H groups in total. The van der Waals surface area contributed by atoms with E-state index < -0.39 is 66.2 Å². The molecule has 0 fully saturated rings. The van der Waals surface area contributed by atoms with Gasteiger partial charge in [-0.1, -0.05) is 60.7 Å². The number of hydrogen-bond acceptors (Lipinski definition) is 7. The fourth-order valence-electron chi connectivity index (χ4n) is 3.77. The van der Waals surface area contributed by atoms with E-state index in [-0.39, 0.29) is 25.7 Å². The van der Waals surface area contributed by atoms with Gasteiger partial charge in [-0.25, -0.2) is 4.79 Å². The fourth-order valence-corrected chi connectivity index (χ4v) is 3.77. The first-order chi connectivity index (χ1) is 19.0. The van der Waals surface area contributed by atoms with Crippen molar-refractivity contribution < 1.29 is 39.0 Å². The molecule has 0 aliphatic heterocycles. The highest BCUT2D eigenvalue weighted by atomic mass is 16.4. The lowest BCUT2D eigenvalue weighted by Gasteiger charge is -2.25. The Bertz CT molecular complexity index is 1190. The highest BCUT2D eigenvalue weighted by molar-refractivity contribution is 5.95. The van der Waals surface area contributed by atoms with Gasteiger partial charge in [-0.05, 0) is 24.0 Å². The number of nitrogens with one attached hydrogen (secondary N) is 3. The molecule has 2 rings (SSSR count). The van der Waals surface area contributed by atoms with Crippen LogP contribution in [0.2, 0.25) is 0 Å². The largest absolute Gasteiger partial charge is 0.481 e. The molecule has 0 heterocycles. The third-order valence-electron chi connectivity index (χ3n) is 5.86. The third kappa shape index (κ3) is 10.9. The summed E-state index contributed by atoms with van der Waals surface area (Å²) >= 11 is 0. The van der Waals surface area contributed by atoms with Crippen LogP contribution in [0.25, 0.3) is 0 Å². The molecule has 13 heteroatoms. The standard InChI is InChI=1S/C27H33N5O8/c28-18(13-16-7-3-1-4-8-16)24(36)31-21(15-23(34)35)26(38)32-20(14-17-9-5-2-6-10-17)25(37)30-19(27(39)40)11-12-22(29)33/h1-10,18-21H,11-15,28H2,(H2,29,33)(H,30,37)(H,31,36)(H,32,38)(H,34,35)(H,39,40). The van der Waals surface area contributed by atoms with Crippen LogP contribution < -0.4 is 27.4 Å². The van der Waals surface area contributed by atoms with Crippen molar-refractivity contribution in [2.24, 2.45) is 11.5 Å². The summed E-state index contributed by atoms with van der Waals surface area (Å²) in [6, 6.07) is 11.8. The van der Waals surface area contributed by atoms with Gasteiger partial charge in [0.25, 0.3) is 0 Å². The number of nitrogens with two attached hydrogens (primary N) is 2. The van der Waals surface area contributed by atoms with Crippen LogP contribution in [0.4, 0.5) is 0 Å². The number of aliphatic carboxylic acids is 2. The summed E-state index contributed by atoms with van der Waals surface area (Å²) in [7, 11) is 0. The van der Waals surface area contributed by atoms with Crippen molar-refractivity contribution in [3.8, 4) is 0 Å². The average Bonchev–Trinajstić information content (AvgIpc) is 2.90. The molecule has 4 atom stereocenters. The van der Waals surface area contributed by atoms with Crippen LogP contribution in [0.1, 0.15) is 30.4 Å². The Hall–Kier alpha value is -4.78. The van der Waals surface area contributed by atoms with Crippen LogP contribution in [0.5, 0.6) is 0 Å². The Balaban J connectivity index is 2.20. The van der Waals surface area contributed by atoms with Crippen LogP contribution in [-0.2, 0) is 41.6 Å². The zero-order valence-electron chi connectivity index (χ0n) is 21.6. The Morgan fingerprint density at radius 3 is 1.65 bits per heavy atom. The second-order valence-electron chi connectivity index (χ2n) is 9.11. The van der Waals surface area contributed by atoms with Crippen LogP contribution >= 0.6 is 0 Å². The molecule has 0 spiro atoms. The zero-order valence-corrected chi connectivity index (χ0v) is 21.6. The van der Waals surface area contributed by atoms with E-state index in [0.29, 0.717) is 5.56 Å². The molecule has 2 aromatic carbocycles. The lowest BCUT2D eigenvalue weighted by Crippen LogP contribution is -2.58. The van der Waals surface area contributed by atoms with Crippen molar-refractivity contribution in [3.05, 3.63) is 71.8 Å². The summed E-state index contributed by atoms with van der Waals surface area (Å²) < 4.78 is 0. The summed E-state index contributed by atoms with van der Waals surface area (Å²) in [4.78, 5) is 73.1. The van der Waals surface area contributed by atoms with Gasteiger partial charge in [-0.3, -0.25) is 24.0 Å². The van der Waals surface area contributed by atoms with Gasteiger partial charge >= 0.3 is 11.9 Å². The summed E-state index contributed by atoms with van der Waals surface area (Å²) in [5, 5.41) is 25.8. The first kappa shape index (κ1) is 31.4. The number of rotatable bonds is 16. The number of benzene rings is 2. The van der Waals surface area contributed by atoms with Gasteiger partial charge in [-0.15, -0.1) is 0 Å². The number of carbonyl (C=O) groups excluding carboxylic acids is 4. The van der Waals surface area contributed by atoms with E-state index in [4.69, 9.17) is 11.5 Å². The smallest absolute Gasteiger partial charge is 0.326 e. The SMILES string of the molecule is NC(=O)CCC(NC(=O)C(Cc1ccccc1)NC(=O)C(CC(=O)O)NC(=O)C(N)Cc1ccccc1)C(=O)O. The number of hydrogen-bond donors (Lipinski definition) is 7. The van der Waals surface area contributed by atoms with Crippen molar-refractivity contribution in [2.45, 2.75) is 56.3 Å². The molecule has 2 aromatic rings. The van der Waals surface area contributed by atoms with Gasteiger partial charge in [0.05, 0.1) is 12.5 Å². The maximum absolute atomic E-state index is 13.1. The summed E-state index contributed by atoms with van der Waals surface area (Å²) in [6.45, 7) is 0. The Labute approximate surface area is 230 Å². The zero-order chi connectivity index (χ0) is 29.7. The fraction of sp³-hybridized carbons (Fsp3) is 0.333. The summed E-state index contributed by atoms with van der Waals surface area (Å²) in [5.41, 5.74) is 12.4. The van der Waals surface area contributed by atoms with E-state index in [1.54, 1.807) is 60.7 Å². The second-order valence-corrected chi connectivity index (χ2v) is 9.11. The topological polar surface area (TPSA) is 231 Å². The minimum absolute atomic E-state index is 0.0815. The molecule has 0 aliphatic rings. The van der Waals surface area contributed by atoms with Crippen LogP contribution in [0, 0.1) is 0 Å². The van der Waals surface area contributed by atoms with Crippen molar-refractivity contribution in [2.75, 3.05) is 0 Å². The Kier molecular flexibility index (Phi) is 12.3. The quantitative estimate of drug-likeness (QED) is 0.135. The molecular weight excluding hydrogens is 522 g/mol. The number of primary amides is 1. The maximum atomic E-state index is 13.1. The van der Waals surface area contributed by atoms with Crippen molar-refractivity contribution in [1.29, 1.82) is 0 Å². The van der Waals surface area contributed by atoms with Gasteiger partial charge in [0, 0.05) is 12.8 Å². The van der Waals surface area contributed by atoms with Gasteiger partial charge in [0.15, 0.2) is 0 Å². The van der Waals surface area contributed by atoms with E-state index in [1.165, 1.54) is 0 Å². The first-order valence-electron chi connectivity index (χ1n) is 12.4. The lowest BCUT2D eigenvalue weighted by atomic mass is 10.0. The Morgan fingerprint density at radius 2 is 1.15 bits per heavy atom. The molecule has 0 radical (unpaired) electrons. The number of carbonyl (C=O) groups is 6. The predicted molar refractivity (Wildman–Crippen MR) is 142 cm³/mol. The molecule has 0 saturated heterocycles. The molecule has 0 aliphatic carbocycles. The normalized spacial score (nSPS) is 13.6. The first-order valence-corrected chi connectivity index (χ1v) is 12.4. The third-order valence-corrected chi connectivity index (χ3v) is 5.86. The maximum Gasteiger partial charge on any atom is 0.326 e. The van der Waals surface area contributed by atoms with Gasteiger partial charge in [-0.2, -0.15) is 0 Å². The molecule has 0 aromatic heterocycles. The predicted octanol–water partition coefficient (Wildman–Crippen LogP) is -0.922.